The normalized spacial score (nSPS) is 18.0. The Kier molecular flexibility index (Phi) is 3.60. The Hall–Kier alpha value is -0.600. The summed E-state index contributed by atoms with van der Waals surface area (Å²) < 4.78 is 0. The van der Waals surface area contributed by atoms with E-state index in [4.69, 9.17) is 11.6 Å². The SMILES string of the molecule is Cc1ccc(CC2CCNCC2)c(Cl)n1. The van der Waals surface area contributed by atoms with Gasteiger partial charge >= 0.3 is 0 Å². The first kappa shape index (κ1) is 10.9. The van der Waals surface area contributed by atoms with Crippen molar-refractivity contribution in [3.8, 4) is 0 Å². The first-order chi connectivity index (χ1) is 7.25. The monoisotopic (exact) mass is 224 g/mol. The summed E-state index contributed by atoms with van der Waals surface area (Å²) in [6, 6.07) is 4.16. The molecule has 0 unspecified atom stereocenters. The molecule has 0 bridgehead atoms. The number of hydrogen-bond donors (Lipinski definition) is 1. The molecule has 0 spiro atoms. The molecule has 0 atom stereocenters. The molecule has 0 saturated carbocycles. The number of piperidine rings is 1. The number of pyridine rings is 1. The zero-order chi connectivity index (χ0) is 10.7. The van der Waals surface area contributed by atoms with Crippen LogP contribution in [0, 0.1) is 12.8 Å². The van der Waals surface area contributed by atoms with Gasteiger partial charge in [0.2, 0.25) is 0 Å². The molecular formula is C12H17ClN2. The maximum Gasteiger partial charge on any atom is 0.132 e. The highest BCUT2D eigenvalue weighted by Gasteiger charge is 2.15. The number of rotatable bonds is 2. The number of aromatic nitrogens is 1. The van der Waals surface area contributed by atoms with Crippen molar-refractivity contribution in [3.63, 3.8) is 0 Å². The Balaban J connectivity index is 2.03. The summed E-state index contributed by atoms with van der Waals surface area (Å²) in [5, 5.41) is 4.06. The smallest absolute Gasteiger partial charge is 0.132 e. The van der Waals surface area contributed by atoms with E-state index in [-0.39, 0.29) is 0 Å². The van der Waals surface area contributed by atoms with Crippen molar-refractivity contribution in [2.75, 3.05) is 13.1 Å². The van der Waals surface area contributed by atoms with Crippen molar-refractivity contribution >= 4 is 11.6 Å². The average molecular weight is 225 g/mol. The third-order valence-electron chi connectivity index (χ3n) is 3.03. The highest BCUT2D eigenvalue weighted by molar-refractivity contribution is 6.30. The summed E-state index contributed by atoms with van der Waals surface area (Å²) in [5.41, 5.74) is 2.20. The van der Waals surface area contributed by atoms with Gasteiger partial charge in [-0.1, -0.05) is 17.7 Å². The predicted molar refractivity (Wildman–Crippen MR) is 63.3 cm³/mol. The molecule has 15 heavy (non-hydrogen) atoms. The molecule has 2 nitrogen and oxygen atoms in total. The second kappa shape index (κ2) is 4.95. The number of nitrogens with zero attached hydrogens (tertiary/aromatic N) is 1. The molecule has 0 aliphatic carbocycles. The molecule has 2 rings (SSSR count). The third-order valence-corrected chi connectivity index (χ3v) is 3.36. The van der Waals surface area contributed by atoms with Crippen molar-refractivity contribution in [1.29, 1.82) is 0 Å². The lowest BCUT2D eigenvalue weighted by Crippen LogP contribution is -2.28. The Labute approximate surface area is 96.1 Å². The maximum absolute atomic E-state index is 6.12. The molecule has 1 aromatic heterocycles. The fourth-order valence-electron chi connectivity index (χ4n) is 2.10. The van der Waals surface area contributed by atoms with Crippen LogP contribution in [-0.2, 0) is 6.42 Å². The maximum atomic E-state index is 6.12. The van der Waals surface area contributed by atoms with Gasteiger partial charge in [0, 0.05) is 5.69 Å². The highest BCUT2D eigenvalue weighted by atomic mass is 35.5. The van der Waals surface area contributed by atoms with E-state index in [0.29, 0.717) is 5.15 Å². The molecule has 82 valence electrons. The van der Waals surface area contributed by atoms with E-state index in [9.17, 15) is 0 Å². The van der Waals surface area contributed by atoms with Crippen LogP contribution in [0.5, 0.6) is 0 Å². The van der Waals surface area contributed by atoms with E-state index < -0.39 is 0 Å². The van der Waals surface area contributed by atoms with Crippen molar-refractivity contribution in [2.24, 2.45) is 5.92 Å². The van der Waals surface area contributed by atoms with E-state index in [2.05, 4.69) is 16.4 Å². The minimum Gasteiger partial charge on any atom is -0.317 e. The molecule has 1 aliphatic heterocycles. The molecule has 1 N–H and O–H groups in total. The predicted octanol–water partition coefficient (Wildman–Crippen LogP) is 2.59. The fourth-order valence-corrected chi connectivity index (χ4v) is 2.38. The molecule has 2 heterocycles. The van der Waals surface area contributed by atoms with Crippen LogP contribution in [0.25, 0.3) is 0 Å². The van der Waals surface area contributed by atoms with Crippen LogP contribution in [0.15, 0.2) is 12.1 Å². The van der Waals surface area contributed by atoms with Crippen LogP contribution in [0.3, 0.4) is 0 Å². The summed E-state index contributed by atoms with van der Waals surface area (Å²) in [4.78, 5) is 4.29. The van der Waals surface area contributed by atoms with Crippen molar-refractivity contribution in [3.05, 3.63) is 28.5 Å². The van der Waals surface area contributed by atoms with Gasteiger partial charge in [-0.15, -0.1) is 0 Å². The van der Waals surface area contributed by atoms with Gasteiger partial charge in [0.25, 0.3) is 0 Å². The summed E-state index contributed by atoms with van der Waals surface area (Å²) in [6.45, 7) is 4.25. The van der Waals surface area contributed by atoms with Crippen LogP contribution in [0.1, 0.15) is 24.1 Å². The Morgan fingerprint density at radius 2 is 2.13 bits per heavy atom. The van der Waals surface area contributed by atoms with E-state index in [1.54, 1.807) is 0 Å². The van der Waals surface area contributed by atoms with Gasteiger partial charge in [-0.2, -0.15) is 0 Å². The number of halogens is 1. The third kappa shape index (κ3) is 2.93. The van der Waals surface area contributed by atoms with Crippen molar-refractivity contribution in [1.82, 2.24) is 10.3 Å². The number of hydrogen-bond acceptors (Lipinski definition) is 2. The minimum absolute atomic E-state index is 0.688. The van der Waals surface area contributed by atoms with Gasteiger partial charge in [0.1, 0.15) is 5.15 Å². The van der Waals surface area contributed by atoms with Crippen LogP contribution >= 0.6 is 11.6 Å². The van der Waals surface area contributed by atoms with Gasteiger partial charge in [-0.3, -0.25) is 0 Å². The zero-order valence-corrected chi connectivity index (χ0v) is 9.85. The van der Waals surface area contributed by atoms with Gasteiger partial charge < -0.3 is 5.32 Å². The molecule has 1 aliphatic rings. The van der Waals surface area contributed by atoms with Crippen molar-refractivity contribution < 1.29 is 0 Å². The first-order valence-corrected chi connectivity index (χ1v) is 5.96. The van der Waals surface area contributed by atoms with E-state index >= 15 is 0 Å². The van der Waals surface area contributed by atoms with E-state index in [1.807, 2.05) is 13.0 Å². The summed E-state index contributed by atoms with van der Waals surface area (Å²) in [7, 11) is 0. The Morgan fingerprint density at radius 1 is 1.40 bits per heavy atom. The van der Waals surface area contributed by atoms with Crippen LogP contribution in [-0.4, -0.2) is 18.1 Å². The lowest BCUT2D eigenvalue weighted by Gasteiger charge is -2.22. The zero-order valence-electron chi connectivity index (χ0n) is 9.09. The fraction of sp³-hybridized carbons (Fsp3) is 0.583. The van der Waals surface area contributed by atoms with Crippen LogP contribution in [0.4, 0.5) is 0 Å². The van der Waals surface area contributed by atoms with E-state index in [1.165, 1.54) is 18.4 Å². The summed E-state index contributed by atoms with van der Waals surface area (Å²) in [6.07, 6.45) is 3.59. The molecule has 1 aromatic rings. The number of nitrogens with one attached hydrogen (secondary N) is 1. The van der Waals surface area contributed by atoms with Crippen molar-refractivity contribution in [2.45, 2.75) is 26.2 Å². The molecule has 3 heteroatoms. The quantitative estimate of drug-likeness (QED) is 0.782. The summed E-state index contributed by atoms with van der Waals surface area (Å²) >= 11 is 6.12. The Bertz CT molecular complexity index is 332. The second-order valence-corrected chi connectivity index (χ2v) is 4.66. The minimum atomic E-state index is 0.688. The van der Waals surface area contributed by atoms with Crippen LogP contribution in [0.2, 0.25) is 5.15 Å². The van der Waals surface area contributed by atoms with E-state index in [0.717, 1.165) is 31.1 Å². The lowest BCUT2D eigenvalue weighted by atomic mass is 9.91. The number of aryl methyl sites for hydroxylation is 1. The second-order valence-electron chi connectivity index (χ2n) is 4.30. The summed E-state index contributed by atoms with van der Waals surface area (Å²) in [5.74, 6) is 0.772. The van der Waals surface area contributed by atoms with Crippen LogP contribution < -0.4 is 5.32 Å². The van der Waals surface area contributed by atoms with Gasteiger partial charge in [-0.05, 0) is 56.8 Å². The largest absolute Gasteiger partial charge is 0.317 e. The average Bonchev–Trinajstić information content (AvgIpc) is 2.24. The van der Waals surface area contributed by atoms with Gasteiger partial charge in [0.05, 0.1) is 0 Å². The highest BCUT2D eigenvalue weighted by Crippen LogP contribution is 2.22. The van der Waals surface area contributed by atoms with Gasteiger partial charge in [0.15, 0.2) is 0 Å². The topological polar surface area (TPSA) is 24.9 Å². The molecule has 1 fully saturated rings. The Morgan fingerprint density at radius 3 is 2.80 bits per heavy atom. The van der Waals surface area contributed by atoms with Gasteiger partial charge in [-0.25, -0.2) is 4.98 Å². The molecule has 0 radical (unpaired) electrons. The standard InChI is InChI=1S/C12H17ClN2/c1-9-2-3-11(12(13)15-9)8-10-4-6-14-7-5-10/h2-3,10,14H,4-8H2,1H3. The first-order valence-electron chi connectivity index (χ1n) is 5.58. The molecule has 0 aromatic carbocycles. The molecule has 0 amide bonds. The lowest BCUT2D eigenvalue weighted by molar-refractivity contribution is 0.372. The molecule has 1 saturated heterocycles. The molecular weight excluding hydrogens is 208 g/mol.